The molecule has 0 radical (unpaired) electrons. The third kappa shape index (κ3) is 4.24. The maximum atomic E-state index is 12.7. The van der Waals surface area contributed by atoms with Gasteiger partial charge < -0.3 is 14.6 Å². The first-order chi connectivity index (χ1) is 14.6. The zero-order chi connectivity index (χ0) is 21.1. The average molecular weight is 441 g/mol. The Morgan fingerprint density at radius 1 is 1.47 bits per heavy atom. The van der Waals surface area contributed by atoms with Crippen LogP contribution in [-0.2, 0) is 28.9 Å². The summed E-state index contributed by atoms with van der Waals surface area (Å²) in [6, 6.07) is 10.2. The van der Waals surface area contributed by atoms with E-state index in [9.17, 15) is 10.1 Å². The average Bonchev–Trinajstić information content (AvgIpc) is 3.27. The number of anilines is 1. The molecule has 0 saturated carbocycles. The number of aromatic nitrogens is 2. The lowest BCUT2D eigenvalue weighted by molar-refractivity contribution is -0.113. The number of hydrogen-bond acceptors (Lipinski definition) is 6. The number of thioether (sulfide) groups is 1. The van der Waals surface area contributed by atoms with Crippen molar-refractivity contribution in [3.63, 3.8) is 0 Å². The van der Waals surface area contributed by atoms with Gasteiger partial charge in [0.2, 0.25) is 5.91 Å². The van der Waals surface area contributed by atoms with Gasteiger partial charge in [-0.3, -0.25) is 4.79 Å². The van der Waals surface area contributed by atoms with E-state index in [0.717, 1.165) is 41.0 Å². The van der Waals surface area contributed by atoms with Gasteiger partial charge in [0.05, 0.1) is 29.0 Å². The maximum absolute atomic E-state index is 12.7. The number of carbonyl (C=O) groups is 1. The normalized spacial score (nSPS) is 15.7. The summed E-state index contributed by atoms with van der Waals surface area (Å²) >= 11 is 2.96. The number of carbonyl (C=O) groups excluding carboxylic acids is 1. The van der Waals surface area contributed by atoms with Crippen molar-refractivity contribution in [1.29, 1.82) is 5.26 Å². The van der Waals surface area contributed by atoms with E-state index in [1.807, 2.05) is 24.3 Å². The molecule has 1 atom stereocenters. The summed E-state index contributed by atoms with van der Waals surface area (Å²) in [6.45, 7) is 3.49. The molecule has 1 amide bonds. The molecule has 0 bridgehead atoms. The molecule has 1 aliphatic rings. The number of benzene rings is 1. The molecular formula is C22H24N4O2S2. The van der Waals surface area contributed by atoms with E-state index >= 15 is 0 Å². The summed E-state index contributed by atoms with van der Waals surface area (Å²) in [4.78, 5) is 18.6. The number of nitrogens with zero attached hydrogens (tertiary/aromatic N) is 3. The molecule has 6 nitrogen and oxygen atoms in total. The smallest absolute Gasteiger partial charge is 0.235 e. The van der Waals surface area contributed by atoms with Gasteiger partial charge in [0.15, 0.2) is 5.16 Å². The molecule has 0 aliphatic heterocycles. The number of nitriles is 1. The number of rotatable bonds is 7. The van der Waals surface area contributed by atoms with Crippen LogP contribution in [0.5, 0.6) is 0 Å². The van der Waals surface area contributed by atoms with Crippen LogP contribution in [0.15, 0.2) is 29.4 Å². The molecule has 2 aromatic heterocycles. The molecule has 4 rings (SSSR count). The first-order valence-corrected chi connectivity index (χ1v) is 11.8. The minimum absolute atomic E-state index is 0.117. The lowest BCUT2D eigenvalue weighted by atomic mass is 9.89. The molecule has 1 unspecified atom stereocenters. The summed E-state index contributed by atoms with van der Waals surface area (Å²) in [5.74, 6) is 0.746. The van der Waals surface area contributed by atoms with Gasteiger partial charge in [0.1, 0.15) is 11.1 Å². The molecule has 1 N–H and O–H groups in total. The molecular weight excluding hydrogens is 416 g/mol. The van der Waals surface area contributed by atoms with E-state index in [2.05, 4.69) is 27.9 Å². The van der Waals surface area contributed by atoms with Crippen molar-refractivity contribution in [2.24, 2.45) is 5.92 Å². The van der Waals surface area contributed by atoms with Crippen LogP contribution in [0.1, 0.15) is 29.3 Å². The van der Waals surface area contributed by atoms with Crippen molar-refractivity contribution in [2.75, 3.05) is 24.8 Å². The topological polar surface area (TPSA) is 79.9 Å². The van der Waals surface area contributed by atoms with E-state index in [4.69, 9.17) is 4.74 Å². The highest BCUT2D eigenvalue weighted by atomic mass is 32.2. The van der Waals surface area contributed by atoms with E-state index in [1.54, 1.807) is 18.4 Å². The monoisotopic (exact) mass is 440 g/mol. The van der Waals surface area contributed by atoms with Crippen LogP contribution < -0.4 is 5.32 Å². The minimum Gasteiger partial charge on any atom is -0.383 e. The first kappa shape index (κ1) is 20.9. The molecule has 0 saturated heterocycles. The van der Waals surface area contributed by atoms with Gasteiger partial charge in [-0.2, -0.15) is 5.26 Å². The van der Waals surface area contributed by atoms with Gasteiger partial charge in [0.25, 0.3) is 0 Å². The van der Waals surface area contributed by atoms with Gasteiger partial charge in [-0.05, 0) is 42.9 Å². The molecule has 8 heteroatoms. The van der Waals surface area contributed by atoms with Crippen molar-refractivity contribution in [1.82, 2.24) is 9.55 Å². The Balaban J connectivity index is 1.48. The third-order valence-electron chi connectivity index (χ3n) is 5.35. The highest BCUT2D eigenvalue weighted by Gasteiger charge is 2.24. The van der Waals surface area contributed by atoms with E-state index in [1.165, 1.54) is 16.6 Å². The van der Waals surface area contributed by atoms with Crippen LogP contribution >= 0.6 is 23.1 Å². The predicted octanol–water partition coefficient (Wildman–Crippen LogP) is 4.47. The minimum atomic E-state index is -0.117. The molecule has 0 spiro atoms. The number of amides is 1. The zero-order valence-corrected chi connectivity index (χ0v) is 18.7. The van der Waals surface area contributed by atoms with Crippen molar-refractivity contribution >= 4 is 45.0 Å². The lowest BCUT2D eigenvalue weighted by Crippen LogP contribution is -2.15. The number of ether oxygens (including phenoxy) is 1. The number of para-hydroxylation sites is 2. The fourth-order valence-electron chi connectivity index (χ4n) is 3.81. The van der Waals surface area contributed by atoms with Gasteiger partial charge in [0, 0.05) is 18.5 Å². The van der Waals surface area contributed by atoms with Crippen LogP contribution in [0, 0.1) is 17.2 Å². The summed E-state index contributed by atoms with van der Waals surface area (Å²) in [6.07, 6.45) is 3.01. The maximum Gasteiger partial charge on any atom is 0.235 e. The van der Waals surface area contributed by atoms with Crippen molar-refractivity contribution < 1.29 is 9.53 Å². The Labute approximate surface area is 184 Å². The fraction of sp³-hybridized carbons (Fsp3) is 0.409. The largest absolute Gasteiger partial charge is 0.383 e. The highest BCUT2D eigenvalue weighted by Crippen LogP contribution is 2.39. The molecule has 1 aliphatic carbocycles. The van der Waals surface area contributed by atoms with Crippen molar-refractivity contribution in [3.8, 4) is 6.07 Å². The number of imidazole rings is 1. The summed E-state index contributed by atoms with van der Waals surface area (Å²) < 4.78 is 7.32. The first-order valence-electron chi connectivity index (χ1n) is 10.0. The molecule has 2 heterocycles. The SMILES string of the molecule is COCCn1c(SCC(=O)Nc2sc3c(c2C#N)CCC(C)C3)nc2ccccc21. The Morgan fingerprint density at radius 3 is 3.10 bits per heavy atom. The van der Waals surface area contributed by atoms with E-state index < -0.39 is 0 Å². The third-order valence-corrected chi connectivity index (χ3v) is 7.49. The second-order valence-corrected chi connectivity index (χ2v) is 9.58. The number of thiophene rings is 1. The Hall–Kier alpha value is -2.34. The second-order valence-electron chi connectivity index (χ2n) is 7.53. The summed E-state index contributed by atoms with van der Waals surface area (Å²) in [5.41, 5.74) is 3.71. The van der Waals surface area contributed by atoms with E-state index in [-0.39, 0.29) is 11.7 Å². The van der Waals surface area contributed by atoms with Gasteiger partial charge in [-0.25, -0.2) is 4.98 Å². The highest BCUT2D eigenvalue weighted by molar-refractivity contribution is 7.99. The number of nitrogens with one attached hydrogen (secondary N) is 1. The second kappa shape index (κ2) is 9.21. The number of hydrogen-bond donors (Lipinski definition) is 1. The number of fused-ring (bicyclic) bond motifs is 2. The van der Waals surface area contributed by atoms with Crippen molar-refractivity contribution in [2.45, 2.75) is 37.9 Å². The van der Waals surface area contributed by atoms with Crippen LogP contribution in [0.3, 0.4) is 0 Å². The molecule has 1 aromatic carbocycles. The van der Waals surface area contributed by atoms with Crippen molar-refractivity contribution in [3.05, 3.63) is 40.3 Å². The lowest BCUT2D eigenvalue weighted by Gasteiger charge is -2.17. The van der Waals surface area contributed by atoms with Gasteiger partial charge >= 0.3 is 0 Å². The predicted molar refractivity (Wildman–Crippen MR) is 121 cm³/mol. The summed E-state index contributed by atoms with van der Waals surface area (Å²) in [7, 11) is 1.67. The van der Waals surface area contributed by atoms with Gasteiger partial charge in [-0.1, -0.05) is 30.8 Å². The number of methoxy groups -OCH3 is 1. The Bertz CT molecular complexity index is 1110. The molecule has 156 valence electrons. The molecule has 0 fully saturated rings. The zero-order valence-electron chi connectivity index (χ0n) is 17.1. The standard InChI is InChI=1S/C22H24N4O2S2/c1-14-7-8-15-16(12-23)21(30-19(15)11-14)25-20(27)13-29-22-24-17-5-3-4-6-18(17)26(22)9-10-28-2/h3-6,14H,7-11,13H2,1-2H3,(H,25,27). The van der Waals surface area contributed by atoms with Gasteiger partial charge in [-0.15, -0.1) is 11.3 Å². The van der Waals surface area contributed by atoms with Crippen LogP contribution in [0.2, 0.25) is 0 Å². The van der Waals surface area contributed by atoms with Crippen LogP contribution in [0.4, 0.5) is 5.00 Å². The molecule has 3 aromatic rings. The van der Waals surface area contributed by atoms with E-state index in [0.29, 0.717) is 29.6 Å². The summed E-state index contributed by atoms with van der Waals surface area (Å²) in [5, 5.41) is 14.1. The fourth-order valence-corrected chi connectivity index (χ4v) is 6.03. The van der Waals surface area contributed by atoms with Crippen LogP contribution in [0.25, 0.3) is 11.0 Å². The Morgan fingerprint density at radius 2 is 2.30 bits per heavy atom. The van der Waals surface area contributed by atoms with Crippen LogP contribution in [-0.4, -0.2) is 34.9 Å². The quantitative estimate of drug-likeness (QED) is 0.548. The Kier molecular flexibility index (Phi) is 6.42. The molecule has 30 heavy (non-hydrogen) atoms.